The number of rotatable bonds is 6. The molecule has 0 aliphatic carbocycles. The molecule has 11 heteroatoms. The number of fused-ring (bicyclic) bond motifs is 1. The monoisotopic (exact) mass is 527 g/mol. The largest absolute Gasteiger partial charge is 0.495 e. The number of nitrogens with zero attached hydrogens (tertiary/aromatic N) is 4. The predicted octanol–water partition coefficient (Wildman–Crippen LogP) is 2.91. The summed E-state index contributed by atoms with van der Waals surface area (Å²) in [5, 5.41) is 10.8. The molecular formula is C23H22BrN5O5. The third kappa shape index (κ3) is 3.77. The van der Waals surface area contributed by atoms with Crippen molar-refractivity contribution in [2.45, 2.75) is 26.9 Å². The number of para-hydroxylation sites is 2. The molecule has 176 valence electrons. The molecule has 2 heterocycles. The Morgan fingerprint density at radius 1 is 1.09 bits per heavy atom. The highest BCUT2D eigenvalue weighted by Gasteiger charge is 2.18. The topological polar surface area (TPSA) is 124 Å². The van der Waals surface area contributed by atoms with Gasteiger partial charge in [0.05, 0.1) is 29.5 Å². The van der Waals surface area contributed by atoms with Gasteiger partial charge in [-0.1, -0.05) is 12.1 Å². The number of ether oxygens (including phenoxy) is 1. The number of benzene rings is 2. The Labute approximate surface area is 201 Å². The predicted molar refractivity (Wildman–Crippen MR) is 133 cm³/mol. The number of hydrogen-bond donors (Lipinski definition) is 2. The Balaban J connectivity index is 1.88. The average molecular weight is 528 g/mol. The van der Waals surface area contributed by atoms with Crippen LogP contribution >= 0.6 is 15.9 Å². The number of aryl methyl sites for hydroxylation is 2. The van der Waals surface area contributed by atoms with E-state index < -0.39 is 17.1 Å². The van der Waals surface area contributed by atoms with Crippen LogP contribution in [0.5, 0.6) is 11.6 Å². The summed E-state index contributed by atoms with van der Waals surface area (Å²) in [6.07, 6.45) is 1.18. The first-order chi connectivity index (χ1) is 16.3. The van der Waals surface area contributed by atoms with Crippen molar-refractivity contribution in [1.29, 1.82) is 0 Å². The molecular weight excluding hydrogens is 506 g/mol. The molecule has 34 heavy (non-hydrogen) atoms. The first kappa shape index (κ1) is 23.3. The molecule has 10 nitrogen and oxygen atoms in total. The van der Waals surface area contributed by atoms with E-state index in [4.69, 9.17) is 4.74 Å². The zero-order valence-electron chi connectivity index (χ0n) is 18.7. The van der Waals surface area contributed by atoms with Gasteiger partial charge in [-0.05, 0) is 54.0 Å². The van der Waals surface area contributed by atoms with Gasteiger partial charge in [-0.3, -0.25) is 23.9 Å². The highest BCUT2D eigenvalue weighted by molar-refractivity contribution is 9.10. The van der Waals surface area contributed by atoms with E-state index in [1.807, 2.05) is 13.8 Å². The molecule has 2 N–H and O–H groups in total. The van der Waals surface area contributed by atoms with Crippen molar-refractivity contribution in [2.24, 2.45) is 4.99 Å². The van der Waals surface area contributed by atoms with Crippen LogP contribution in [0.1, 0.15) is 19.4 Å². The number of methoxy groups -OCH3 is 1. The number of hydrogen-bond acceptors (Lipinski definition) is 6. The van der Waals surface area contributed by atoms with Crippen LogP contribution in [0.4, 0.5) is 5.69 Å². The minimum Gasteiger partial charge on any atom is -0.495 e. The molecule has 0 amide bonds. The second-order valence-corrected chi connectivity index (χ2v) is 8.18. The lowest BCUT2D eigenvalue weighted by atomic mass is 10.2. The molecule has 2 aromatic carbocycles. The molecule has 4 rings (SSSR count). The number of nitrogens with one attached hydrogen (secondary N) is 1. The van der Waals surface area contributed by atoms with Gasteiger partial charge in [0, 0.05) is 23.8 Å². The fourth-order valence-corrected chi connectivity index (χ4v) is 4.30. The van der Waals surface area contributed by atoms with E-state index in [-0.39, 0.29) is 16.9 Å². The SMILES string of the molecule is CCn1c(=O)n(CC)c2cc(N=Cc3c(O)n(-c4ccccc4OC)c(=O)[nH]c3=O)c(Br)cc21. The van der Waals surface area contributed by atoms with Gasteiger partial charge < -0.3 is 9.84 Å². The molecule has 0 fully saturated rings. The summed E-state index contributed by atoms with van der Waals surface area (Å²) >= 11 is 3.47. The molecule has 0 radical (unpaired) electrons. The fourth-order valence-electron chi connectivity index (χ4n) is 3.86. The van der Waals surface area contributed by atoms with Gasteiger partial charge in [0.15, 0.2) is 0 Å². The molecule has 0 unspecified atom stereocenters. The Hall–Kier alpha value is -3.86. The smallest absolute Gasteiger partial charge is 0.335 e. The van der Waals surface area contributed by atoms with Crippen molar-refractivity contribution in [3.63, 3.8) is 0 Å². The molecule has 0 aliphatic rings. The van der Waals surface area contributed by atoms with Gasteiger partial charge in [0.2, 0.25) is 5.88 Å². The van der Waals surface area contributed by atoms with E-state index in [0.717, 1.165) is 10.1 Å². The zero-order valence-corrected chi connectivity index (χ0v) is 20.3. The van der Waals surface area contributed by atoms with Crippen LogP contribution in [0.15, 0.2) is 60.2 Å². The van der Waals surface area contributed by atoms with Crippen LogP contribution in [0.2, 0.25) is 0 Å². The van der Waals surface area contributed by atoms with Crippen molar-refractivity contribution < 1.29 is 9.84 Å². The number of aromatic hydroxyl groups is 1. The van der Waals surface area contributed by atoms with Crippen LogP contribution in [-0.4, -0.2) is 37.1 Å². The quantitative estimate of drug-likeness (QED) is 0.373. The van der Waals surface area contributed by atoms with Crippen molar-refractivity contribution in [2.75, 3.05) is 7.11 Å². The number of H-pyrrole nitrogens is 1. The van der Waals surface area contributed by atoms with Gasteiger partial charge >= 0.3 is 11.4 Å². The summed E-state index contributed by atoms with van der Waals surface area (Å²) in [4.78, 5) is 44.2. The summed E-state index contributed by atoms with van der Waals surface area (Å²) in [7, 11) is 1.43. The minimum atomic E-state index is -0.820. The van der Waals surface area contributed by atoms with Crippen LogP contribution in [-0.2, 0) is 13.1 Å². The van der Waals surface area contributed by atoms with E-state index in [2.05, 4.69) is 25.9 Å². The second kappa shape index (κ2) is 9.18. The highest BCUT2D eigenvalue weighted by Crippen LogP contribution is 2.31. The summed E-state index contributed by atoms with van der Waals surface area (Å²) in [5.74, 6) is -0.247. The van der Waals surface area contributed by atoms with E-state index in [1.54, 1.807) is 45.5 Å². The summed E-state index contributed by atoms with van der Waals surface area (Å²) in [5.41, 5.74) is 0.206. The number of halogens is 1. The van der Waals surface area contributed by atoms with Crippen molar-refractivity contribution >= 4 is 38.9 Å². The molecule has 0 atom stereocenters. The van der Waals surface area contributed by atoms with E-state index >= 15 is 0 Å². The Bertz CT molecular complexity index is 1610. The van der Waals surface area contributed by atoms with Gasteiger partial charge in [-0.25, -0.2) is 14.2 Å². The first-order valence-corrected chi connectivity index (χ1v) is 11.3. The molecule has 2 aromatic heterocycles. The number of aromatic nitrogens is 4. The van der Waals surface area contributed by atoms with Crippen molar-refractivity contribution in [3.8, 4) is 17.3 Å². The lowest BCUT2D eigenvalue weighted by Crippen LogP contribution is -2.31. The first-order valence-electron chi connectivity index (χ1n) is 10.5. The van der Waals surface area contributed by atoms with Gasteiger partial charge in [0.25, 0.3) is 5.56 Å². The van der Waals surface area contributed by atoms with Crippen molar-refractivity contribution in [3.05, 3.63) is 77.8 Å². The Morgan fingerprint density at radius 2 is 1.74 bits per heavy atom. The maximum atomic E-state index is 12.6. The zero-order chi connectivity index (χ0) is 24.6. The molecule has 0 aliphatic heterocycles. The average Bonchev–Trinajstić information content (AvgIpc) is 3.08. The lowest BCUT2D eigenvalue weighted by molar-refractivity contribution is 0.401. The lowest BCUT2D eigenvalue weighted by Gasteiger charge is -2.12. The van der Waals surface area contributed by atoms with Gasteiger partial charge in [-0.2, -0.15) is 0 Å². The number of aliphatic imine (C=N–C) groups is 1. The summed E-state index contributed by atoms with van der Waals surface area (Å²) in [6, 6.07) is 10.1. The third-order valence-electron chi connectivity index (χ3n) is 5.50. The number of aromatic amines is 1. The van der Waals surface area contributed by atoms with Crippen LogP contribution in [0.25, 0.3) is 16.7 Å². The standard InChI is InChI=1S/C23H22BrN5O5/c1-4-27-17-10-14(24)15(11-18(17)28(5-2)23(27)33)25-12-13-20(30)26-22(32)29(21(13)31)16-8-6-7-9-19(16)34-3/h6-12,31H,4-5H2,1-3H3,(H,26,30,32). The molecule has 0 saturated heterocycles. The van der Waals surface area contributed by atoms with Crippen molar-refractivity contribution in [1.82, 2.24) is 18.7 Å². The Morgan fingerprint density at radius 3 is 2.38 bits per heavy atom. The van der Waals surface area contributed by atoms with E-state index in [0.29, 0.717) is 34.5 Å². The maximum Gasteiger partial charge on any atom is 0.335 e. The third-order valence-corrected chi connectivity index (χ3v) is 6.13. The Kier molecular flexibility index (Phi) is 6.29. The van der Waals surface area contributed by atoms with Gasteiger partial charge in [0.1, 0.15) is 11.3 Å². The summed E-state index contributed by atoms with van der Waals surface area (Å²) in [6.45, 7) is 4.78. The van der Waals surface area contributed by atoms with Crippen LogP contribution < -0.4 is 21.7 Å². The summed E-state index contributed by atoms with van der Waals surface area (Å²) < 4.78 is 10.1. The normalized spacial score (nSPS) is 11.5. The molecule has 0 spiro atoms. The van der Waals surface area contributed by atoms with Crippen LogP contribution in [0, 0.1) is 0 Å². The maximum absolute atomic E-state index is 12.6. The fraction of sp³-hybridized carbons (Fsp3) is 0.217. The van der Waals surface area contributed by atoms with E-state index in [1.165, 1.54) is 13.3 Å². The minimum absolute atomic E-state index is 0.119. The molecule has 0 saturated carbocycles. The van der Waals surface area contributed by atoms with Gasteiger partial charge in [-0.15, -0.1) is 0 Å². The highest BCUT2D eigenvalue weighted by atomic mass is 79.9. The number of imidazole rings is 1. The van der Waals surface area contributed by atoms with Crippen LogP contribution in [0.3, 0.4) is 0 Å². The molecule has 0 bridgehead atoms. The van der Waals surface area contributed by atoms with E-state index in [9.17, 15) is 19.5 Å². The second-order valence-electron chi connectivity index (χ2n) is 7.33. The molecule has 4 aromatic rings.